The fraction of sp³-hybridized carbons (Fsp3) is 0.667. The average Bonchev–Trinajstić information content (AvgIpc) is 2.90. The molecule has 0 radical (unpaired) electrons. The molecule has 0 amide bonds. The van der Waals surface area contributed by atoms with E-state index in [1.807, 2.05) is 14.1 Å². The van der Waals surface area contributed by atoms with Crippen molar-refractivity contribution in [1.29, 1.82) is 0 Å². The smallest absolute Gasteiger partial charge is 0.260 e. The van der Waals surface area contributed by atoms with E-state index in [0.29, 0.717) is 19.1 Å². The molecule has 1 aliphatic rings. The number of likely N-dealkylation sites (N-methyl/N-ethyl adjacent to an activating group) is 1. The number of H-pyrrole nitrogens is 1. The summed E-state index contributed by atoms with van der Waals surface area (Å²) in [6.07, 6.45) is 2.33. The van der Waals surface area contributed by atoms with Crippen LogP contribution in [0.15, 0.2) is 17.3 Å². The summed E-state index contributed by atoms with van der Waals surface area (Å²) in [5, 5.41) is 6.35. The van der Waals surface area contributed by atoms with Crippen molar-refractivity contribution in [3.63, 3.8) is 0 Å². The molecule has 1 aromatic heterocycles. The van der Waals surface area contributed by atoms with Crippen molar-refractivity contribution in [2.45, 2.75) is 17.5 Å². The molecule has 1 saturated heterocycles. The Morgan fingerprint density at radius 2 is 2.31 bits per heavy atom. The zero-order valence-corrected chi connectivity index (χ0v) is 10.2. The van der Waals surface area contributed by atoms with Gasteiger partial charge in [0.15, 0.2) is 5.03 Å². The summed E-state index contributed by atoms with van der Waals surface area (Å²) in [5.41, 5.74) is 0. The predicted octanol–water partition coefficient (Wildman–Crippen LogP) is -0.266. The van der Waals surface area contributed by atoms with Gasteiger partial charge in [0.1, 0.15) is 0 Å². The largest absolute Gasteiger partial charge is 0.305 e. The molecule has 1 N–H and O–H groups in total. The van der Waals surface area contributed by atoms with Gasteiger partial charge in [-0.2, -0.15) is 9.40 Å². The zero-order valence-electron chi connectivity index (χ0n) is 9.42. The lowest BCUT2D eigenvalue weighted by Gasteiger charge is -2.19. The fourth-order valence-electron chi connectivity index (χ4n) is 1.88. The molecule has 0 aliphatic carbocycles. The molecule has 1 atom stereocenters. The van der Waals surface area contributed by atoms with Gasteiger partial charge >= 0.3 is 0 Å². The van der Waals surface area contributed by atoms with Gasteiger partial charge in [-0.1, -0.05) is 0 Å². The number of sulfonamides is 1. The molecule has 1 aliphatic heterocycles. The summed E-state index contributed by atoms with van der Waals surface area (Å²) >= 11 is 0. The summed E-state index contributed by atoms with van der Waals surface area (Å²) in [5.74, 6) is 0. The minimum absolute atomic E-state index is 0.173. The van der Waals surface area contributed by atoms with Crippen molar-refractivity contribution < 1.29 is 8.42 Å². The van der Waals surface area contributed by atoms with Crippen LogP contribution < -0.4 is 0 Å². The molecular formula is C9H16N4O2S. The Balaban J connectivity index is 2.16. The van der Waals surface area contributed by atoms with E-state index in [9.17, 15) is 8.42 Å². The summed E-state index contributed by atoms with van der Waals surface area (Å²) in [6.45, 7) is 1.12. The number of aromatic amines is 1. The third-order valence-electron chi connectivity index (χ3n) is 2.95. The fourth-order valence-corrected chi connectivity index (χ4v) is 3.27. The molecule has 2 rings (SSSR count). The van der Waals surface area contributed by atoms with E-state index in [-0.39, 0.29) is 5.03 Å². The molecule has 6 nitrogen and oxygen atoms in total. The van der Waals surface area contributed by atoms with Crippen LogP contribution in [0.2, 0.25) is 0 Å². The van der Waals surface area contributed by atoms with Crippen molar-refractivity contribution >= 4 is 10.0 Å². The van der Waals surface area contributed by atoms with Crippen LogP contribution >= 0.6 is 0 Å². The number of nitrogens with one attached hydrogen (secondary N) is 1. The molecule has 16 heavy (non-hydrogen) atoms. The highest BCUT2D eigenvalue weighted by Crippen LogP contribution is 2.20. The summed E-state index contributed by atoms with van der Waals surface area (Å²) in [7, 11) is 0.565. The Morgan fingerprint density at radius 1 is 1.56 bits per heavy atom. The normalized spacial score (nSPS) is 23.1. The molecule has 90 valence electrons. The molecule has 2 heterocycles. The van der Waals surface area contributed by atoms with Crippen LogP contribution in [0.5, 0.6) is 0 Å². The average molecular weight is 244 g/mol. The maximum Gasteiger partial charge on any atom is 0.260 e. The molecular weight excluding hydrogens is 228 g/mol. The lowest BCUT2D eigenvalue weighted by atomic mass is 10.2. The van der Waals surface area contributed by atoms with Crippen LogP contribution in [0.1, 0.15) is 6.42 Å². The summed E-state index contributed by atoms with van der Waals surface area (Å²) in [4.78, 5) is 2.06. The zero-order chi connectivity index (χ0) is 11.8. The van der Waals surface area contributed by atoms with Gasteiger partial charge in [0.25, 0.3) is 10.0 Å². The first-order valence-electron chi connectivity index (χ1n) is 5.18. The van der Waals surface area contributed by atoms with Gasteiger partial charge in [-0.05, 0) is 26.6 Å². The van der Waals surface area contributed by atoms with Gasteiger partial charge in [-0.3, -0.25) is 5.10 Å². The molecule has 1 aromatic rings. The lowest BCUT2D eigenvalue weighted by molar-refractivity contribution is 0.302. The Morgan fingerprint density at radius 3 is 2.81 bits per heavy atom. The highest BCUT2D eigenvalue weighted by molar-refractivity contribution is 7.89. The first-order chi connectivity index (χ1) is 7.51. The molecule has 1 unspecified atom stereocenters. The summed E-state index contributed by atoms with van der Waals surface area (Å²) < 4.78 is 25.7. The molecule has 0 aromatic carbocycles. The van der Waals surface area contributed by atoms with Gasteiger partial charge < -0.3 is 4.90 Å². The van der Waals surface area contributed by atoms with Crippen molar-refractivity contribution in [3.8, 4) is 0 Å². The van der Waals surface area contributed by atoms with Gasteiger partial charge in [0, 0.05) is 19.1 Å². The topological polar surface area (TPSA) is 69.3 Å². The quantitative estimate of drug-likeness (QED) is 0.795. The van der Waals surface area contributed by atoms with E-state index < -0.39 is 10.0 Å². The lowest BCUT2D eigenvalue weighted by Crippen LogP contribution is -2.34. The van der Waals surface area contributed by atoms with Crippen molar-refractivity contribution in [3.05, 3.63) is 12.3 Å². The number of rotatable bonds is 3. The molecule has 0 bridgehead atoms. The minimum atomic E-state index is -3.37. The Kier molecular flexibility index (Phi) is 3.00. The molecule has 1 fully saturated rings. The van der Waals surface area contributed by atoms with Gasteiger partial charge in [-0.15, -0.1) is 0 Å². The second-order valence-corrected chi connectivity index (χ2v) is 6.10. The van der Waals surface area contributed by atoms with Crippen LogP contribution in [-0.2, 0) is 10.0 Å². The Hall–Kier alpha value is -0.920. The number of aromatic nitrogens is 2. The third kappa shape index (κ3) is 1.98. The maximum atomic E-state index is 12.1. The van der Waals surface area contributed by atoms with E-state index in [1.165, 1.54) is 16.6 Å². The third-order valence-corrected chi connectivity index (χ3v) is 4.74. The first-order valence-corrected chi connectivity index (χ1v) is 6.62. The monoisotopic (exact) mass is 244 g/mol. The van der Waals surface area contributed by atoms with E-state index >= 15 is 0 Å². The van der Waals surface area contributed by atoms with Crippen LogP contribution in [-0.4, -0.2) is 61.0 Å². The number of hydrogen-bond acceptors (Lipinski definition) is 4. The van der Waals surface area contributed by atoms with E-state index in [0.717, 1.165) is 6.42 Å². The second kappa shape index (κ2) is 4.15. The second-order valence-electron chi connectivity index (χ2n) is 4.19. The van der Waals surface area contributed by atoms with E-state index in [2.05, 4.69) is 15.1 Å². The van der Waals surface area contributed by atoms with E-state index in [1.54, 1.807) is 0 Å². The predicted molar refractivity (Wildman–Crippen MR) is 59.4 cm³/mol. The number of hydrogen-bond donors (Lipinski definition) is 1. The summed E-state index contributed by atoms with van der Waals surface area (Å²) in [6, 6.07) is 1.79. The van der Waals surface area contributed by atoms with Crippen LogP contribution in [0.3, 0.4) is 0 Å². The van der Waals surface area contributed by atoms with Crippen molar-refractivity contribution in [1.82, 2.24) is 19.4 Å². The SMILES string of the molecule is CN(C)C1CCN(S(=O)(=O)c2ccn[nH]2)C1. The van der Waals surface area contributed by atoms with Gasteiger partial charge in [-0.25, -0.2) is 8.42 Å². The number of nitrogens with zero attached hydrogens (tertiary/aromatic N) is 3. The highest BCUT2D eigenvalue weighted by atomic mass is 32.2. The molecule has 0 saturated carbocycles. The highest BCUT2D eigenvalue weighted by Gasteiger charge is 2.33. The Bertz CT molecular complexity index is 440. The molecule has 0 spiro atoms. The Labute approximate surface area is 95.3 Å². The first kappa shape index (κ1) is 11.6. The van der Waals surface area contributed by atoms with Gasteiger partial charge in [0.05, 0.1) is 6.20 Å². The van der Waals surface area contributed by atoms with Crippen molar-refractivity contribution in [2.24, 2.45) is 0 Å². The molecule has 7 heteroatoms. The van der Waals surface area contributed by atoms with Crippen molar-refractivity contribution in [2.75, 3.05) is 27.2 Å². The van der Waals surface area contributed by atoms with E-state index in [4.69, 9.17) is 0 Å². The van der Waals surface area contributed by atoms with Crippen LogP contribution in [0, 0.1) is 0 Å². The minimum Gasteiger partial charge on any atom is -0.305 e. The van der Waals surface area contributed by atoms with Gasteiger partial charge in [0.2, 0.25) is 0 Å². The van der Waals surface area contributed by atoms with Crippen LogP contribution in [0.4, 0.5) is 0 Å². The maximum absolute atomic E-state index is 12.1. The van der Waals surface area contributed by atoms with Crippen LogP contribution in [0.25, 0.3) is 0 Å². The standard InChI is InChI=1S/C9H16N4O2S/c1-12(2)8-4-6-13(7-8)16(14,15)9-3-5-10-11-9/h3,5,8H,4,6-7H2,1-2H3,(H,10,11).